The summed E-state index contributed by atoms with van der Waals surface area (Å²) in [5.74, 6) is 2.36. The number of benzene rings is 2. The number of unbranched alkanes of at least 4 members (excludes halogenated alkanes) is 3. The molecule has 33 heavy (non-hydrogen) atoms. The fourth-order valence-corrected chi connectivity index (χ4v) is 6.68. The van der Waals surface area contributed by atoms with Gasteiger partial charge in [0.15, 0.2) is 0 Å². The summed E-state index contributed by atoms with van der Waals surface area (Å²) < 4.78 is 30.2. The number of hydrogen-bond donors (Lipinski definition) is 0. The molecule has 2 aromatic rings. The van der Waals surface area contributed by atoms with Crippen molar-refractivity contribution in [3.63, 3.8) is 0 Å². The SMILES string of the molecule is CC=CCCc1cc(F)c2cc(C3CCC4CC(CCCCCC)CCC4C3)c(F)cc2c1. The summed E-state index contributed by atoms with van der Waals surface area (Å²) >= 11 is 0. The molecule has 0 saturated heterocycles. The number of rotatable bonds is 9. The first-order valence-corrected chi connectivity index (χ1v) is 13.6. The summed E-state index contributed by atoms with van der Waals surface area (Å²) in [6.45, 7) is 4.27. The first-order valence-electron chi connectivity index (χ1n) is 13.6. The van der Waals surface area contributed by atoms with Gasteiger partial charge in [-0.05, 0) is 110 Å². The van der Waals surface area contributed by atoms with Crippen molar-refractivity contribution in [2.75, 3.05) is 0 Å². The number of hydrogen-bond acceptors (Lipinski definition) is 0. The number of allylic oxidation sites excluding steroid dienone is 2. The number of fused-ring (bicyclic) bond motifs is 2. The second-order valence-corrected chi connectivity index (χ2v) is 10.8. The van der Waals surface area contributed by atoms with E-state index in [1.54, 1.807) is 12.1 Å². The molecule has 0 N–H and O–H groups in total. The zero-order chi connectivity index (χ0) is 23.2. The van der Waals surface area contributed by atoms with Gasteiger partial charge in [-0.3, -0.25) is 0 Å². The van der Waals surface area contributed by atoms with E-state index in [-0.39, 0.29) is 17.6 Å². The van der Waals surface area contributed by atoms with Crippen molar-refractivity contribution in [1.82, 2.24) is 0 Å². The molecule has 2 aliphatic rings. The molecular formula is C31H42F2. The molecule has 4 rings (SSSR count). The monoisotopic (exact) mass is 452 g/mol. The van der Waals surface area contributed by atoms with Crippen molar-refractivity contribution in [3.05, 3.63) is 59.2 Å². The Morgan fingerprint density at radius 1 is 0.879 bits per heavy atom. The van der Waals surface area contributed by atoms with Gasteiger partial charge in [0, 0.05) is 5.39 Å². The second-order valence-electron chi connectivity index (χ2n) is 10.8. The number of halogens is 2. The van der Waals surface area contributed by atoms with E-state index in [0.29, 0.717) is 10.8 Å². The van der Waals surface area contributed by atoms with Crippen LogP contribution in [0.15, 0.2) is 36.4 Å². The fraction of sp³-hybridized carbons (Fsp3) is 0.613. The van der Waals surface area contributed by atoms with Crippen molar-refractivity contribution in [3.8, 4) is 0 Å². The van der Waals surface area contributed by atoms with E-state index >= 15 is 4.39 Å². The molecule has 4 unspecified atom stereocenters. The molecule has 0 aromatic heterocycles. The Bertz CT molecular complexity index is 944. The standard InChI is InChI=1S/C31H42F2/c1-3-5-7-9-10-22-12-13-25-19-26(15-14-24(25)16-22)28-21-29-27(20-31(28)33)17-23(18-30(29)32)11-8-6-4-2/h4,6,17-18,20-22,24-26H,3,5,7-16,19H2,1-2H3. The summed E-state index contributed by atoms with van der Waals surface area (Å²) in [5, 5.41) is 1.28. The van der Waals surface area contributed by atoms with Gasteiger partial charge in [0.05, 0.1) is 0 Å². The molecule has 0 spiro atoms. The average molecular weight is 453 g/mol. The molecule has 0 nitrogen and oxygen atoms in total. The highest BCUT2D eigenvalue weighted by Gasteiger charge is 2.36. The Balaban J connectivity index is 1.42. The topological polar surface area (TPSA) is 0 Å². The smallest absolute Gasteiger partial charge is 0.131 e. The Kier molecular flexibility index (Phi) is 8.61. The average Bonchev–Trinajstić information content (AvgIpc) is 2.81. The van der Waals surface area contributed by atoms with Gasteiger partial charge >= 0.3 is 0 Å². The van der Waals surface area contributed by atoms with Crippen LogP contribution in [0.25, 0.3) is 10.8 Å². The van der Waals surface area contributed by atoms with Crippen molar-refractivity contribution < 1.29 is 8.78 Å². The normalized spacial score (nSPS) is 25.6. The zero-order valence-corrected chi connectivity index (χ0v) is 20.7. The fourth-order valence-electron chi connectivity index (χ4n) is 6.68. The highest BCUT2D eigenvalue weighted by molar-refractivity contribution is 5.85. The molecular weight excluding hydrogens is 410 g/mol. The number of aryl methyl sites for hydroxylation is 1. The van der Waals surface area contributed by atoms with Crippen molar-refractivity contribution >= 4 is 10.8 Å². The molecule has 0 heterocycles. The third-order valence-corrected chi connectivity index (χ3v) is 8.54. The summed E-state index contributed by atoms with van der Waals surface area (Å²) in [5.41, 5.74) is 1.69. The van der Waals surface area contributed by atoms with Crippen molar-refractivity contribution in [2.24, 2.45) is 17.8 Å². The Labute approximate surface area is 199 Å². The van der Waals surface area contributed by atoms with Crippen LogP contribution in [-0.4, -0.2) is 0 Å². The van der Waals surface area contributed by atoms with Crippen LogP contribution >= 0.6 is 0 Å². The minimum Gasteiger partial charge on any atom is -0.207 e. The summed E-state index contributed by atoms with van der Waals surface area (Å²) in [4.78, 5) is 0. The van der Waals surface area contributed by atoms with Gasteiger partial charge in [-0.1, -0.05) is 63.7 Å². The van der Waals surface area contributed by atoms with Crippen LogP contribution in [0.5, 0.6) is 0 Å². The molecule has 0 bridgehead atoms. The molecule has 2 heteroatoms. The predicted octanol–water partition coefficient (Wildman–Crippen LogP) is 9.90. The van der Waals surface area contributed by atoms with E-state index in [1.807, 2.05) is 25.1 Å². The van der Waals surface area contributed by atoms with Crippen molar-refractivity contribution in [2.45, 2.75) is 103 Å². The van der Waals surface area contributed by atoms with Crippen LogP contribution in [0, 0.1) is 29.4 Å². The van der Waals surface area contributed by atoms with E-state index in [4.69, 9.17) is 0 Å². The molecule has 2 aliphatic carbocycles. The Hall–Kier alpha value is -1.70. The molecule has 0 radical (unpaired) electrons. The molecule has 4 atom stereocenters. The molecule has 0 amide bonds. The van der Waals surface area contributed by atoms with Gasteiger partial charge in [-0.25, -0.2) is 8.78 Å². The lowest BCUT2D eigenvalue weighted by Gasteiger charge is -2.42. The molecule has 0 aliphatic heterocycles. The van der Waals surface area contributed by atoms with Crippen LogP contribution in [0.4, 0.5) is 8.78 Å². The van der Waals surface area contributed by atoms with E-state index in [2.05, 4.69) is 13.0 Å². The maximum absolute atomic E-state index is 15.2. The highest BCUT2D eigenvalue weighted by Crippen LogP contribution is 2.49. The molecule has 2 aromatic carbocycles. The van der Waals surface area contributed by atoms with Gasteiger partial charge in [0.1, 0.15) is 11.6 Å². The lowest BCUT2D eigenvalue weighted by molar-refractivity contribution is 0.112. The van der Waals surface area contributed by atoms with Gasteiger partial charge in [-0.2, -0.15) is 0 Å². The van der Waals surface area contributed by atoms with Gasteiger partial charge in [0.25, 0.3) is 0 Å². The van der Waals surface area contributed by atoms with E-state index in [9.17, 15) is 4.39 Å². The summed E-state index contributed by atoms with van der Waals surface area (Å²) in [6, 6.07) is 7.03. The van der Waals surface area contributed by atoms with Crippen LogP contribution in [-0.2, 0) is 6.42 Å². The van der Waals surface area contributed by atoms with Gasteiger partial charge in [0.2, 0.25) is 0 Å². The second kappa shape index (κ2) is 11.6. The van der Waals surface area contributed by atoms with Crippen LogP contribution in [0.3, 0.4) is 0 Å². The van der Waals surface area contributed by atoms with E-state index in [0.717, 1.165) is 54.6 Å². The first kappa shape index (κ1) is 24.4. The zero-order valence-electron chi connectivity index (χ0n) is 20.7. The summed E-state index contributed by atoms with van der Waals surface area (Å²) in [6.07, 6.45) is 20.0. The predicted molar refractivity (Wildman–Crippen MR) is 137 cm³/mol. The largest absolute Gasteiger partial charge is 0.207 e. The Morgan fingerprint density at radius 2 is 1.70 bits per heavy atom. The third kappa shape index (κ3) is 6.06. The first-order chi connectivity index (χ1) is 16.1. The lowest BCUT2D eigenvalue weighted by Crippen LogP contribution is -2.30. The third-order valence-electron chi connectivity index (χ3n) is 8.54. The van der Waals surface area contributed by atoms with Gasteiger partial charge in [-0.15, -0.1) is 0 Å². The van der Waals surface area contributed by atoms with Crippen LogP contribution < -0.4 is 0 Å². The van der Waals surface area contributed by atoms with E-state index in [1.165, 1.54) is 57.8 Å². The quantitative estimate of drug-likeness (QED) is 0.262. The molecule has 2 saturated carbocycles. The Morgan fingerprint density at radius 3 is 2.52 bits per heavy atom. The minimum absolute atomic E-state index is 0.138. The van der Waals surface area contributed by atoms with Gasteiger partial charge < -0.3 is 0 Å². The van der Waals surface area contributed by atoms with Crippen LogP contribution in [0.2, 0.25) is 0 Å². The highest BCUT2D eigenvalue weighted by atomic mass is 19.1. The maximum atomic E-state index is 15.2. The van der Waals surface area contributed by atoms with E-state index < -0.39 is 0 Å². The van der Waals surface area contributed by atoms with Crippen molar-refractivity contribution in [1.29, 1.82) is 0 Å². The maximum Gasteiger partial charge on any atom is 0.131 e. The molecule has 180 valence electrons. The van der Waals surface area contributed by atoms with Crippen LogP contribution in [0.1, 0.15) is 108 Å². The summed E-state index contributed by atoms with van der Waals surface area (Å²) in [7, 11) is 0. The molecule has 2 fully saturated rings. The lowest BCUT2D eigenvalue weighted by atomic mass is 9.63. The minimum atomic E-state index is -0.207.